The molecule has 0 atom stereocenters. The first-order valence-electron chi connectivity index (χ1n) is 7.02. The molecular weight excluding hydrogens is 414 g/mol. The molecule has 1 aromatic heterocycles. The number of oxazole rings is 1. The second-order valence-electron chi connectivity index (χ2n) is 4.94. The van der Waals surface area contributed by atoms with Gasteiger partial charge in [0.25, 0.3) is 6.47 Å². The van der Waals surface area contributed by atoms with Gasteiger partial charge in [-0.2, -0.15) is 18.2 Å². The Morgan fingerprint density at radius 1 is 1.39 bits per heavy atom. The summed E-state index contributed by atoms with van der Waals surface area (Å²) in [6, 6.07) is 3.72. The average Bonchev–Trinajstić information content (AvgIpc) is 3.01. The molecule has 0 bridgehead atoms. The molecule has 0 unspecified atom stereocenters. The minimum Gasteiger partial charge on any atom is -0.483 e. The van der Waals surface area contributed by atoms with Crippen LogP contribution in [-0.4, -0.2) is 43.7 Å². The lowest BCUT2D eigenvalue weighted by atomic mass is 10.3. The van der Waals surface area contributed by atoms with Crippen LogP contribution in [0.4, 0.5) is 29.3 Å². The first kappa shape index (κ1) is 22.9. The van der Waals surface area contributed by atoms with Gasteiger partial charge in [-0.3, -0.25) is 19.2 Å². The molecule has 0 saturated heterocycles. The molecule has 1 aromatic carbocycles. The van der Waals surface area contributed by atoms with Crippen molar-refractivity contribution in [3.8, 4) is 0 Å². The van der Waals surface area contributed by atoms with E-state index in [1.165, 1.54) is 12.1 Å². The van der Waals surface area contributed by atoms with Crippen molar-refractivity contribution in [2.45, 2.75) is 6.18 Å². The number of nitrogens with one attached hydrogen (secondary N) is 1. The lowest BCUT2D eigenvalue weighted by Gasteiger charge is -2.21. The maximum atomic E-state index is 13.3. The van der Waals surface area contributed by atoms with Crippen molar-refractivity contribution in [1.82, 2.24) is 4.98 Å². The van der Waals surface area contributed by atoms with Gasteiger partial charge in [-0.15, -0.1) is 0 Å². The van der Waals surface area contributed by atoms with Crippen LogP contribution in [0.25, 0.3) is 0 Å². The summed E-state index contributed by atoms with van der Waals surface area (Å²) in [4.78, 5) is 23.3. The van der Waals surface area contributed by atoms with Gasteiger partial charge in [0.1, 0.15) is 18.6 Å². The molecule has 0 aliphatic carbocycles. The number of carbonyl (C=O) groups excluding carboxylic acids is 1. The van der Waals surface area contributed by atoms with Gasteiger partial charge >= 0.3 is 12.2 Å². The third-order valence-electron chi connectivity index (χ3n) is 2.82. The molecule has 0 saturated carbocycles. The largest absolute Gasteiger partial charge is 0.483 e. The quantitative estimate of drug-likeness (QED) is 0.551. The van der Waals surface area contributed by atoms with E-state index < -0.39 is 46.2 Å². The predicted octanol–water partition coefficient (Wildman–Crippen LogP) is 1.94. The summed E-state index contributed by atoms with van der Waals surface area (Å²) >= 11 is 0. The van der Waals surface area contributed by atoms with E-state index in [0.717, 1.165) is 18.4 Å². The summed E-state index contributed by atoms with van der Waals surface area (Å²) in [7, 11) is -3.97. The zero-order chi connectivity index (χ0) is 21.5. The topological polar surface area (TPSA) is 130 Å². The fourth-order valence-corrected chi connectivity index (χ4v) is 2.63. The van der Waals surface area contributed by atoms with E-state index >= 15 is 0 Å². The van der Waals surface area contributed by atoms with E-state index in [4.69, 9.17) is 9.90 Å². The molecule has 0 spiro atoms. The number of hydrogen-bond donors (Lipinski definition) is 2. The maximum Gasteiger partial charge on any atom is 0.436 e. The van der Waals surface area contributed by atoms with Gasteiger partial charge in [0.2, 0.25) is 15.9 Å². The Hall–Kier alpha value is -3.16. The smallest absolute Gasteiger partial charge is 0.436 e. The van der Waals surface area contributed by atoms with Crippen molar-refractivity contribution < 1.29 is 45.1 Å². The zero-order valence-electron chi connectivity index (χ0n) is 14.0. The Balaban J connectivity index is 0.00000122. The normalized spacial score (nSPS) is 11.2. The van der Waals surface area contributed by atoms with Crippen LogP contribution < -0.4 is 9.62 Å². The van der Waals surface area contributed by atoms with E-state index in [-0.39, 0.29) is 12.2 Å². The molecule has 14 heteroatoms. The van der Waals surface area contributed by atoms with Crippen molar-refractivity contribution in [3.63, 3.8) is 0 Å². The van der Waals surface area contributed by atoms with Crippen LogP contribution in [0, 0.1) is 5.82 Å². The molecule has 154 valence electrons. The Bertz CT molecular complexity index is 929. The number of carboxylic acid groups (broad SMARTS) is 1. The van der Waals surface area contributed by atoms with Crippen molar-refractivity contribution in [2.75, 3.05) is 22.4 Å². The number of sulfonamides is 1. The number of rotatable bonds is 5. The fourth-order valence-electron chi connectivity index (χ4n) is 1.78. The van der Waals surface area contributed by atoms with Gasteiger partial charge < -0.3 is 9.52 Å². The number of amides is 1. The molecule has 2 N–H and O–H groups in total. The number of alkyl halides is 3. The van der Waals surface area contributed by atoms with Crippen LogP contribution in [0.3, 0.4) is 0 Å². The molecule has 0 fully saturated rings. The zero-order valence-corrected chi connectivity index (χ0v) is 14.8. The van der Waals surface area contributed by atoms with E-state index in [1.807, 2.05) is 5.32 Å². The summed E-state index contributed by atoms with van der Waals surface area (Å²) < 4.78 is 79.1. The molecule has 1 heterocycles. The van der Waals surface area contributed by atoms with Crippen molar-refractivity contribution in [3.05, 3.63) is 42.0 Å². The van der Waals surface area contributed by atoms with Crippen LogP contribution in [0.15, 0.2) is 34.9 Å². The second-order valence-corrected chi connectivity index (χ2v) is 6.85. The molecule has 1 amide bonds. The van der Waals surface area contributed by atoms with Crippen molar-refractivity contribution in [1.29, 1.82) is 0 Å². The highest BCUT2D eigenvalue weighted by molar-refractivity contribution is 7.92. The van der Waals surface area contributed by atoms with Crippen LogP contribution in [0.1, 0.15) is 5.69 Å². The van der Waals surface area contributed by atoms with Gasteiger partial charge in [0.05, 0.1) is 11.9 Å². The molecule has 2 aromatic rings. The van der Waals surface area contributed by atoms with Gasteiger partial charge in [0, 0.05) is 0 Å². The molecule has 2 rings (SSSR count). The number of nitrogens with zero attached hydrogens (tertiary/aromatic N) is 2. The summed E-state index contributed by atoms with van der Waals surface area (Å²) in [6.07, 6.45) is -3.67. The standard InChI is InChI=1S/C13H11F4N3O4S.CH2O2/c1-25(22,23)20(9-4-2-3-8(14)5-9)6-11(21)19-12-18-10(7-24-12)13(15,16)17;2-1-3/h2-5,7H,6H2,1H3,(H,18,19,21);1H,(H,2,3). The lowest BCUT2D eigenvalue weighted by molar-refractivity contribution is -0.141. The van der Waals surface area contributed by atoms with E-state index in [0.29, 0.717) is 10.6 Å². The highest BCUT2D eigenvalue weighted by Gasteiger charge is 2.35. The van der Waals surface area contributed by atoms with Crippen molar-refractivity contribution in [2.24, 2.45) is 0 Å². The minimum atomic E-state index is -4.76. The predicted molar refractivity (Wildman–Crippen MR) is 87.4 cm³/mol. The summed E-state index contributed by atoms with van der Waals surface area (Å²) in [5.74, 6) is -1.75. The summed E-state index contributed by atoms with van der Waals surface area (Å²) in [6.45, 7) is -1.06. The highest BCUT2D eigenvalue weighted by Crippen LogP contribution is 2.29. The number of anilines is 2. The first-order chi connectivity index (χ1) is 12.9. The first-order valence-corrected chi connectivity index (χ1v) is 8.87. The van der Waals surface area contributed by atoms with E-state index in [9.17, 15) is 30.8 Å². The molecular formula is C14H13F4N3O6S. The van der Waals surface area contributed by atoms with E-state index in [2.05, 4.69) is 9.40 Å². The molecule has 0 aliphatic heterocycles. The Morgan fingerprint density at radius 3 is 2.46 bits per heavy atom. The van der Waals surface area contributed by atoms with Crippen LogP contribution in [0.2, 0.25) is 0 Å². The second kappa shape index (κ2) is 9.16. The van der Waals surface area contributed by atoms with Gasteiger partial charge in [-0.05, 0) is 18.2 Å². The maximum absolute atomic E-state index is 13.3. The van der Waals surface area contributed by atoms with Gasteiger partial charge in [-0.1, -0.05) is 6.07 Å². The number of carbonyl (C=O) groups is 2. The van der Waals surface area contributed by atoms with Crippen LogP contribution in [-0.2, 0) is 25.8 Å². The van der Waals surface area contributed by atoms with Crippen LogP contribution in [0.5, 0.6) is 0 Å². The molecule has 0 radical (unpaired) electrons. The summed E-state index contributed by atoms with van der Waals surface area (Å²) in [5, 5.41) is 8.79. The Morgan fingerprint density at radius 2 is 2.00 bits per heavy atom. The van der Waals surface area contributed by atoms with E-state index in [1.54, 1.807) is 0 Å². The third kappa shape index (κ3) is 6.86. The third-order valence-corrected chi connectivity index (χ3v) is 3.97. The molecule has 9 nitrogen and oxygen atoms in total. The van der Waals surface area contributed by atoms with Gasteiger partial charge in [-0.25, -0.2) is 12.8 Å². The summed E-state index contributed by atoms with van der Waals surface area (Å²) in [5.41, 5.74) is -1.48. The fraction of sp³-hybridized carbons (Fsp3) is 0.214. The molecule has 28 heavy (non-hydrogen) atoms. The number of aromatic nitrogens is 1. The Labute approximate surface area is 155 Å². The minimum absolute atomic E-state index is 0.124. The number of benzene rings is 1. The van der Waals surface area contributed by atoms with Gasteiger partial charge in [0.15, 0.2) is 5.69 Å². The Kier molecular flexibility index (Phi) is 7.49. The molecule has 0 aliphatic rings. The lowest BCUT2D eigenvalue weighted by Crippen LogP contribution is -2.37. The SMILES string of the molecule is CS(=O)(=O)N(CC(=O)Nc1nc(C(F)(F)F)co1)c1cccc(F)c1.O=CO. The number of hydrogen-bond acceptors (Lipinski definition) is 6. The van der Waals surface area contributed by atoms with Crippen molar-refractivity contribution >= 4 is 34.1 Å². The monoisotopic (exact) mass is 427 g/mol. The average molecular weight is 427 g/mol. The van der Waals surface area contributed by atoms with Crippen LogP contribution >= 0.6 is 0 Å². The number of halogens is 4. The highest BCUT2D eigenvalue weighted by atomic mass is 32.2.